The van der Waals surface area contributed by atoms with E-state index < -0.39 is 5.97 Å². The first-order valence-electron chi connectivity index (χ1n) is 3.12. The number of rotatable bonds is 4. The van der Waals surface area contributed by atoms with Gasteiger partial charge in [0, 0.05) is 11.0 Å². The van der Waals surface area contributed by atoms with Gasteiger partial charge in [-0.3, -0.25) is 4.79 Å². The second-order valence-corrected chi connectivity index (χ2v) is 3.62. The molecule has 1 fully saturated rings. The van der Waals surface area contributed by atoms with Gasteiger partial charge in [-0.1, -0.05) is 0 Å². The summed E-state index contributed by atoms with van der Waals surface area (Å²) >= 11 is 1.79. The second-order valence-electron chi connectivity index (χ2n) is 2.21. The lowest BCUT2D eigenvalue weighted by Crippen LogP contribution is -1.96. The van der Waals surface area contributed by atoms with E-state index in [1.54, 1.807) is 11.8 Å². The predicted octanol–water partition coefficient (Wildman–Crippen LogP) is 1.36. The molecule has 0 bridgehead atoms. The van der Waals surface area contributed by atoms with Gasteiger partial charge in [-0.15, -0.1) is 0 Å². The SMILES string of the molecule is O=C(O)CCSC1CC1. The van der Waals surface area contributed by atoms with Crippen molar-refractivity contribution >= 4 is 17.7 Å². The van der Waals surface area contributed by atoms with Crippen LogP contribution in [-0.4, -0.2) is 22.1 Å². The Morgan fingerprint density at radius 2 is 2.33 bits per heavy atom. The van der Waals surface area contributed by atoms with E-state index in [2.05, 4.69) is 0 Å². The van der Waals surface area contributed by atoms with E-state index in [-0.39, 0.29) is 0 Å². The molecule has 0 aromatic rings. The topological polar surface area (TPSA) is 37.3 Å². The Morgan fingerprint density at radius 1 is 1.67 bits per heavy atom. The zero-order valence-electron chi connectivity index (χ0n) is 5.17. The van der Waals surface area contributed by atoms with Crippen LogP contribution in [0.1, 0.15) is 19.3 Å². The molecular weight excluding hydrogens is 136 g/mol. The highest BCUT2D eigenvalue weighted by molar-refractivity contribution is 8.00. The van der Waals surface area contributed by atoms with Gasteiger partial charge < -0.3 is 5.11 Å². The molecule has 9 heavy (non-hydrogen) atoms. The highest BCUT2D eigenvalue weighted by atomic mass is 32.2. The van der Waals surface area contributed by atoms with Crippen LogP contribution in [0.2, 0.25) is 0 Å². The number of carboxylic acids is 1. The highest BCUT2D eigenvalue weighted by Crippen LogP contribution is 2.34. The maximum Gasteiger partial charge on any atom is 0.304 e. The number of aliphatic carboxylic acids is 1. The van der Waals surface area contributed by atoms with Gasteiger partial charge in [-0.05, 0) is 12.8 Å². The van der Waals surface area contributed by atoms with Crippen LogP contribution in [0.4, 0.5) is 0 Å². The molecule has 1 aliphatic carbocycles. The average Bonchev–Trinajstić information content (AvgIpc) is 2.48. The summed E-state index contributed by atoms with van der Waals surface area (Å²) in [4.78, 5) is 9.99. The lowest BCUT2D eigenvalue weighted by molar-refractivity contribution is -0.136. The van der Waals surface area contributed by atoms with E-state index in [1.165, 1.54) is 12.8 Å². The molecule has 0 saturated heterocycles. The Bertz CT molecular complexity index is 110. The molecule has 1 N–H and O–H groups in total. The number of hydrogen-bond acceptors (Lipinski definition) is 2. The van der Waals surface area contributed by atoms with Crippen LogP contribution in [0.15, 0.2) is 0 Å². The largest absolute Gasteiger partial charge is 0.481 e. The van der Waals surface area contributed by atoms with Gasteiger partial charge in [0.2, 0.25) is 0 Å². The summed E-state index contributed by atoms with van der Waals surface area (Å²) in [7, 11) is 0. The predicted molar refractivity (Wildman–Crippen MR) is 37.7 cm³/mol. The van der Waals surface area contributed by atoms with Crippen molar-refractivity contribution in [2.24, 2.45) is 0 Å². The van der Waals surface area contributed by atoms with Crippen molar-refractivity contribution in [1.29, 1.82) is 0 Å². The maximum absolute atomic E-state index is 9.99. The Labute approximate surface area is 58.6 Å². The highest BCUT2D eigenvalue weighted by Gasteiger charge is 2.21. The summed E-state index contributed by atoms with van der Waals surface area (Å²) in [6.45, 7) is 0. The fraction of sp³-hybridized carbons (Fsp3) is 0.833. The number of carboxylic acid groups (broad SMARTS) is 1. The number of thioether (sulfide) groups is 1. The molecule has 0 radical (unpaired) electrons. The van der Waals surface area contributed by atoms with E-state index >= 15 is 0 Å². The molecule has 0 atom stereocenters. The molecule has 0 heterocycles. The van der Waals surface area contributed by atoms with Crippen molar-refractivity contribution in [2.75, 3.05) is 5.75 Å². The Morgan fingerprint density at radius 3 is 2.78 bits per heavy atom. The van der Waals surface area contributed by atoms with Crippen LogP contribution in [0.5, 0.6) is 0 Å². The van der Waals surface area contributed by atoms with Crippen molar-refractivity contribution in [3.8, 4) is 0 Å². The van der Waals surface area contributed by atoms with E-state index in [4.69, 9.17) is 5.11 Å². The molecule has 1 rings (SSSR count). The fourth-order valence-corrected chi connectivity index (χ4v) is 1.64. The lowest BCUT2D eigenvalue weighted by Gasteiger charge is -1.92. The third kappa shape index (κ3) is 3.40. The van der Waals surface area contributed by atoms with Crippen LogP contribution < -0.4 is 0 Å². The summed E-state index contributed by atoms with van der Waals surface area (Å²) in [5.41, 5.74) is 0. The minimum atomic E-state index is -0.678. The van der Waals surface area contributed by atoms with Gasteiger partial charge >= 0.3 is 5.97 Å². The first-order chi connectivity index (χ1) is 4.29. The summed E-state index contributed by atoms with van der Waals surface area (Å²) in [6, 6.07) is 0. The Kier molecular flexibility index (Phi) is 2.39. The molecule has 0 amide bonds. The van der Waals surface area contributed by atoms with Gasteiger partial charge in [0.05, 0.1) is 6.42 Å². The van der Waals surface area contributed by atoms with E-state index in [0.717, 1.165) is 11.0 Å². The van der Waals surface area contributed by atoms with Crippen LogP contribution in [-0.2, 0) is 4.79 Å². The molecule has 2 nitrogen and oxygen atoms in total. The molecule has 1 aliphatic rings. The van der Waals surface area contributed by atoms with Crippen molar-refractivity contribution in [1.82, 2.24) is 0 Å². The Balaban J connectivity index is 1.86. The van der Waals surface area contributed by atoms with Crippen LogP contribution in [0, 0.1) is 0 Å². The quantitative estimate of drug-likeness (QED) is 0.650. The van der Waals surface area contributed by atoms with Gasteiger partial charge in [-0.25, -0.2) is 0 Å². The average molecular weight is 146 g/mol. The van der Waals surface area contributed by atoms with Gasteiger partial charge in [-0.2, -0.15) is 11.8 Å². The van der Waals surface area contributed by atoms with E-state index in [1.807, 2.05) is 0 Å². The molecule has 0 aromatic carbocycles. The molecular formula is C6H10O2S. The minimum Gasteiger partial charge on any atom is -0.481 e. The van der Waals surface area contributed by atoms with Crippen LogP contribution in [0.25, 0.3) is 0 Å². The van der Waals surface area contributed by atoms with Gasteiger partial charge in [0.25, 0.3) is 0 Å². The van der Waals surface area contributed by atoms with Crippen LogP contribution in [0.3, 0.4) is 0 Å². The van der Waals surface area contributed by atoms with Crippen molar-refractivity contribution in [3.05, 3.63) is 0 Å². The fourth-order valence-electron chi connectivity index (χ4n) is 0.548. The monoisotopic (exact) mass is 146 g/mol. The molecule has 52 valence electrons. The zero-order valence-corrected chi connectivity index (χ0v) is 5.99. The second kappa shape index (κ2) is 3.11. The maximum atomic E-state index is 9.99. The normalized spacial score (nSPS) is 17.8. The zero-order chi connectivity index (χ0) is 6.69. The van der Waals surface area contributed by atoms with Crippen molar-refractivity contribution in [2.45, 2.75) is 24.5 Å². The molecule has 0 unspecified atom stereocenters. The van der Waals surface area contributed by atoms with Gasteiger partial charge in [0.15, 0.2) is 0 Å². The third-order valence-electron chi connectivity index (χ3n) is 1.19. The number of hydrogen-bond donors (Lipinski definition) is 1. The first-order valence-corrected chi connectivity index (χ1v) is 4.17. The summed E-state index contributed by atoms with van der Waals surface area (Å²) in [5, 5.41) is 9.03. The molecule has 1 saturated carbocycles. The smallest absolute Gasteiger partial charge is 0.304 e. The Hall–Kier alpha value is -0.180. The third-order valence-corrected chi connectivity index (χ3v) is 2.58. The van der Waals surface area contributed by atoms with Crippen LogP contribution >= 0.6 is 11.8 Å². The summed E-state index contributed by atoms with van der Waals surface area (Å²) in [6.07, 6.45) is 2.91. The van der Waals surface area contributed by atoms with Crippen molar-refractivity contribution < 1.29 is 9.90 Å². The number of carbonyl (C=O) groups is 1. The minimum absolute atomic E-state index is 0.321. The van der Waals surface area contributed by atoms with Crippen molar-refractivity contribution in [3.63, 3.8) is 0 Å². The summed E-state index contributed by atoms with van der Waals surface area (Å²) in [5.74, 6) is 0.114. The molecule has 0 aromatic heterocycles. The van der Waals surface area contributed by atoms with Gasteiger partial charge in [0.1, 0.15) is 0 Å². The van der Waals surface area contributed by atoms with E-state index in [0.29, 0.717) is 6.42 Å². The summed E-state index contributed by atoms with van der Waals surface area (Å²) < 4.78 is 0. The molecule has 0 aliphatic heterocycles. The van der Waals surface area contributed by atoms with E-state index in [9.17, 15) is 4.79 Å². The lowest BCUT2D eigenvalue weighted by atomic mass is 10.5. The molecule has 0 spiro atoms. The standard InChI is InChI=1S/C6H10O2S/c7-6(8)3-4-9-5-1-2-5/h5H,1-4H2,(H,7,8). The molecule has 3 heteroatoms. The first kappa shape index (κ1) is 6.93.